The fraction of sp³-hybridized carbons (Fsp3) is 0.118. The number of fused-ring (bicyclic) bond motifs is 1. The van der Waals surface area contributed by atoms with Gasteiger partial charge >= 0.3 is 0 Å². The minimum absolute atomic E-state index is 0.240. The molecule has 0 amide bonds. The maximum atomic E-state index is 11.3. The Labute approximate surface area is 127 Å². The zero-order valence-corrected chi connectivity index (χ0v) is 12.1. The second-order valence-electron chi connectivity index (χ2n) is 4.86. The molecule has 0 aliphatic rings. The van der Waals surface area contributed by atoms with Crippen molar-refractivity contribution < 1.29 is 13.9 Å². The number of oxazole rings is 1. The zero-order chi connectivity index (χ0) is 15.5. The number of hydrogen-bond donors (Lipinski definition) is 0. The first kappa shape index (κ1) is 14.0. The van der Waals surface area contributed by atoms with E-state index in [1.165, 1.54) is 6.39 Å². The average Bonchev–Trinajstić information content (AvgIpc) is 3.01. The lowest BCUT2D eigenvalue weighted by Crippen LogP contribution is -2.03. The molecule has 1 aromatic carbocycles. The molecule has 5 nitrogen and oxygen atoms in total. The molecule has 0 aliphatic carbocycles. The number of rotatable bonds is 5. The van der Waals surface area contributed by atoms with E-state index >= 15 is 0 Å². The molecule has 0 saturated heterocycles. The summed E-state index contributed by atoms with van der Waals surface area (Å²) in [6.07, 6.45) is 3.71. The second kappa shape index (κ2) is 5.81. The van der Waals surface area contributed by atoms with Crippen LogP contribution >= 0.6 is 0 Å². The Morgan fingerprint density at radius 3 is 3.00 bits per heavy atom. The van der Waals surface area contributed by atoms with E-state index in [2.05, 4.69) is 16.5 Å². The number of allylic oxidation sites excluding steroid dienone is 1. The van der Waals surface area contributed by atoms with Crippen LogP contribution in [0.1, 0.15) is 28.5 Å². The molecule has 0 aliphatic heterocycles. The minimum atomic E-state index is 0.240. The van der Waals surface area contributed by atoms with Crippen LogP contribution in [0.3, 0.4) is 0 Å². The highest BCUT2D eigenvalue weighted by Crippen LogP contribution is 2.27. The van der Waals surface area contributed by atoms with Gasteiger partial charge in [0.25, 0.3) is 0 Å². The van der Waals surface area contributed by atoms with Crippen LogP contribution in [0.4, 0.5) is 0 Å². The van der Waals surface area contributed by atoms with Gasteiger partial charge in [0.05, 0.1) is 5.69 Å². The number of carbonyl (C=O) groups is 1. The lowest BCUT2D eigenvalue weighted by molar-refractivity contribution is 0.111. The Morgan fingerprint density at radius 1 is 1.36 bits per heavy atom. The SMILES string of the molecule is C=C(C)c1cccnc1COc1ccc2ncoc2c1C=O. The number of aldehydes is 1. The van der Waals surface area contributed by atoms with Crippen molar-refractivity contribution in [1.29, 1.82) is 0 Å². The lowest BCUT2D eigenvalue weighted by Gasteiger charge is -2.11. The fourth-order valence-electron chi connectivity index (χ4n) is 2.26. The van der Waals surface area contributed by atoms with Gasteiger partial charge in [-0.1, -0.05) is 12.6 Å². The Morgan fingerprint density at radius 2 is 2.23 bits per heavy atom. The number of aromatic nitrogens is 2. The van der Waals surface area contributed by atoms with Gasteiger partial charge in [-0.15, -0.1) is 0 Å². The highest BCUT2D eigenvalue weighted by atomic mass is 16.5. The van der Waals surface area contributed by atoms with Crippen LogP contribution in [0.5, 0.6) is 5.75 Å². The first-order valence-electron chi connectivity index (χ1n) is 6.74. The standard InChI is InChI=1S/C17H14N2O3/c1-11(2)12-4-3-7-18-15(12)9-21-16-6-5-14-17(13(16)8-20)22-10-19-14/h3-8,10H,1,9H2,2H3. The normalized spacial score (nSPS) is 10.6. The summed E-state index contributed by atoms with van der Waals surface area (Å²) in [5, 5.41) is 0. The lowest BCUT2D eigenvalue weighted by atomic mass is 10.1. The summed E-state index contributed by atoms with van der Waals surface area (Å²) < 4.78 is 11.0. The summed E-state index contributed by atoms with van der Waals surface area (Å²) in [5.41, 5.74) is 4.01. The largest absolute Gasteiger partial charge is 0.486 e. The first-order chi connectivity index (χ1) is 10.7. The van der Waals surface area contributed by atoms with Crippen molar-refractivity contribution >= 4 is 23.0 Å². The highest BCUT2D eigenvalue weighted by Gasteiger charge is 2.13. The van der Waals surface area contributed by atoms with Gasteiger partial charge in [0, 0.05) is 11.8 Å². The topological polar surface area (TPSA) is 65.2 Å². The molecule has 3 rings (SSSR count). The molecule has 2 heterocycles. The number of pyridine rings is 1. The summed E-state index contributed by atoms with van der Waals surface area (Å²) in [6.45, 7) is 6.09. The number of nitrogens with zero attached hydrogens (tertiary/aromatic N) is 2. The maximum absolute atomic E-state index is 11.3. The van der Waals surface area contributed by atoms with Crippen molar-refractivity contribution in [3.05, 3.63) is 60.3 Å². The molecule has 0 radical (unpaired) electrons. The Bertz CT molecular complexity index is 852. The van der Waals surface area contributed by atoms with Crippen molar-refractivity contribution in [1.82, 2.24) is 9.97 Å². The van der Waals surface area contributed by atoms with Crippen LogP contribution in [-0.4, -0.2) is 16.3 Å². The Balaban J connectivity index is 1.91. The molecule has 0 atom stereocenters. The smallest absolute Gasteiger partial charge is 0.182 e. The molecule has 22 heavy (non-hydrogen) atoms. The van der Waals surface area contributed by atoms with E-state index in [0.29, 0.717) is 28.7 Å². The molecule has 0 unspecified atom stereocenters. The second-order valence-corrected chi connectivity index (χ2v) is 4.86. The van der Waals surface area contributed by atoms with Gasteiger partial charge in [-0.05, 0) is 30.7 Å². The number of benzene rings is 1. The van der Waals surface area contributed by atoms with Crippen molar-refractivity contribution in [3.63, 3.8) is 0 Å². The Hall–Kier alpha value is -2.95. The molecule has 0 bridgehead atoms. The summed E-state index contributed by atoms with van der Waals surface area (Å²) in [5.74, 6) is 0.442. The van der Waals surface area contributed by atoms with Gasteiger partial charge in [0.15, 0.2) is 18.3 Å². The van der Waals surface area contributed by atoms with E-state index in [4.69, 9.17) is 9.15 Å². The van der Waals surface area contributed by atoms with E-state index in [0.717, 1.165) is 16.8 Å². The average molecular weight is 294 g/mol. The van der Waals surface area contributed by atoms with E-state index < -0.39 is 0 Å². The van der Waals surface area contributed by atoms with Crippen LogP contribution in [0.2, 0.25) is 0 Å². The number of ether oxygens (including phenoxy) is 1. The van der Waals surface area contributed by atoms with E-state index in [1.807, 2.05) is 19.1 Å². The molecule has 0 fully saturated rings. The third kappa shape index (κ3) is 2.48. The van der Waals surface area contributed by atoms with Crippen LogP contribution < -0.4 is 4.74 Å². The minimum Gasteiger partial charge on any atom is -0.486 e. The van der Waals surface area contributed by atoms with Crippen LogP contribution in [-0.2, 0) is 6.61 Å². The summed E-state index contributed by atoms with van der Waals surface area (Å²) >= 11 is 0. The van der Waals surface area contributed by atoms with Crippen molar-refractivity contribution in [3.8, 4) is 5.75 Å². The fourth-order valence-corrected chi connectivity index (χ4v) is 2.26. The Kier molecular flexibility index (Phi) is 3.70. The molecular formula is C17H14N2O3. The predicted octanol–water partition coefficient (Wildman–Crippen LogP) is 3.65. The van der Waals surface area contributed by atoms with Gasteiger partial charge in [-0.25, -0.2) is 4.98 Å². The molecule has 0 spiro atoms. The zero-order valence-electron chi connectivity index (χ0n) is 12.1. The monoisotopic (exact) mass is 294 g/mol. The van der Waals surface area contributed by atoms with Gasteiger partial charge in [0.2, 0.25) is 0 Å². The molecule has 5 heteroatoms. The van der Waals surface area contributed by atoms with Crippen molar-refractivity contribution in [2.45, 2.75) is 13.5 Å². The molecule has 110 valence electrons. The predicted molar refractivity (Wildman–Crippen MR) is 82.7 cm³/mol. The summed E-state index contributed by atoms with van der Waals surface area (Å²) in [7, 11) is 0. The number of carbonyl (C=O) groups excluding carboxylic acids is 1. The van der Waals surface area contributed by atoms with Crippen LogP contribution in [0.15, 0.2) is 47.9 Å². The third-order valence-electron chi connectivity index (χ3n) is 3.33. The molecule has 0 N–H and O–H groups in total. The van der Waals surface area contributed by atoms with E-state index in [-0.39, 0.29) is 6.61 Å². The van der Waals surface area contributed by atoms with Gasteiger partial charge in [-0.3, -0.25) is 9.78 Å². The van der Waals surface area contributed by atoms with Crippen molar-refractivity contribution in [2.24, 2.45) is 0 Å². The van der Waals surface area contributed by atoms with Crippen LogP contribution in [0.25, 0.3) is 16.7 Å². The number of hydrogen-bond acceptors (Lipinski definition) is 5. The molecule has 2 aromatic heterocycles. The van der Waals surface area contributed by atoms with Gasteiger partial charge in [0.1, 0.15) is 23.4 Å². The van der Waals surface area contributed by atoms with Crippen molar-refractivity contribution in [2.75, 3.05) is 0 Å². The summed E-state index contributed by atoms with van der Waals surface area (Å²) in [4.78, 5) is 19.7. The molecule has 3 aromatic rings. The first-order valence-corrected chi connectivity index (χ1v) is 6.74. The van der Waals surface area contributed by atoms with Gasteiger partial charge in [-0.2, -0.15) is 0 Å². The van der Waals surface area contributed by atoms with Crippen LogP contribution in [0, 0.1) is 0 Å². The quantitative estimate of drug-likeness (QED) is 0.672. The third-order valence-corrected chi connectivity index (χ3v) is 3.33. The maximum Gasteiger partial charge on any atom is 0.182 e. The van der Waals surface area contributed by atoms with Gasteiger partial charge < -0.3 is 9.15 Å². The summed E-state index contributed by atoms with van der Waals surface area (Å²) in [6, 6.07) is 7.25. The molecule has 0 saturated carbocycles. The molecular weight excluding hydrogens is 280 g/mol. The van der Waals surface area contributed by atoms with E-state index in [1.54, 1.807) is 18.3 Å². The highest BCUT2D eigenvalue weighted by molar-refractivity contribution is 5.96. The van der Waals surface area contributed by atoms with E-state index in [9.17, 15) is 4.79 Å².